The maximum Gasteiger partial charge on any atom is 0.294 e. The number of amides is 3. The van der Waals surface area contributed by atoms with E-state index in [2.05, 4.69) is 20.7 Å². The number of carbonyl (C=O) groups is 3. The molecule has 1 aromatic carbocycles. The summed E-state index contributed by atoms with van der Waals surface area (Å²) >= 11 is 0. The van der Waals surface area contributed by atoms with Gasteiger partial charge in [0, 0.05) is 0 Å². The molecule has 0 aliphatic heterocycles. The standard InChI is InChI=1S/C22H36N4O9S2/c1-5-36(31,32)26-17(12-16-9-7-6-8-10-16)21(29)23-13-19(27)24-15(4)20(28)25-18(11-14(2)3)22(30)37(33,34)35/h6-10,14-15,17-18,22,26,30H,5,11-13H2,1-4H3,(H,23,29)(H,24,27)(H,25,28)(H,33,34,35)/t15-,17-,18?,22?/m0/s1. The summed E-state index contributed by atoms with van der Waals surface area (Å²) < 4.78 is 58.1. The zero-order valence-corrected chi connectivity index (χ0v) is 22.8. The van der Waals surface area contributed by atoms with E-state index in [1.807, 2.05) is 0 Å². The van der Waals surface area contributed by atoms with E-state index in [1.165, 1.54) is 13.8 Å². The summed E-state index contributed by atoms with van der Waals surface area (Å²) in [6, 6.07) is 4.99. The molecule has 6 N–H and O–H groups in total. The van der Waals surface area contributed by atoms with Crippen LogP contribution in [0, 0.1) is 5.92 Å². The summed E-state index contributed by atoms with van der Waals surface area (Å²) in [6.45, 7) is 5.58. The van der Waals surface area contributed by atoms with Crippen molar-refractivity contribution >= 4 is 37.9 Å². The quantitative estimate of drug-likeness (QED) is 0.143. The molecule has 0 heterocycles. The Labute approximate surface area is 217 Å². The molecule has 0 aliphatic carbocycles. The van der Waals surface area contributed by atoms with Gasteiger partial charge in [0.1, 0.15) is 12.1 Å². The van der Waals surface area contributed by atoms with Crippen LogP contribution in [0.5, 0.6) is 0 Å². The number of sulfonamides is 1. The number of aliphatic hydroxyl groups excluding tert-OH is 1. The van der Waals surface area contributed by atoms with Crippen LogP contribution in [0.3, 0.4) is 0 Å². The van der Waals surface area contributed by atoms with Gasteiger partial charge in [0.15, 0.2) is 0 Å². The Kier molecular flexibility index (Phi) is 12.6. The molecule has 0 spiro atoms. The second kappa shape index (κ2) is 14.4. The number of hydrogen-bond acceptors (Lipinski definition) is 8. The highest BCUT2D eigenvalue weighted by atomic mass is 32.2. The molecule has 210 valence electrons. The van der Waals surface area contributed by atoms with Gasteiger partial charge < -0.3 is 21.1 Å². The van der Waals surface area contributed by atoms with E-state index < -0.39 is 68.0 Å². The van der Waals surface area contributed by atoms with E-state index in [0.717, 1.165) is 0 Å². The van der Waals surface area contributed by atoms with Gasteiger partial charge in [-0.25, -0.2) is 13.1 Å². The Balaban J connectivity index is 2.77. The molecule has 0 saturated carbocycles. The van der Waals surface area contributed by atoms with Crippen molar-refractivity contribution < 1.29 is 40.9 Å². The predicted octanol–water partition coefficient (Wildman–Crippen LogP) is -1.10. The highest BCUT2D eigenvalue weighted by Gasteiger charge is 2.33. The van der Waals surface area contributed by atoms with Crippen LogP contribution in [0.1, 0.15) is 39.7 Å². The molecule has 0 fully saturated rings. The fraction of sp³-hybridized carbons (Fsp3) is 0.591. The first-order valence-electron chi connectivity index (χ1n) is 11.6. The van der Waals surface area contributed by atoms with Crippen LogP contribution in [0.4, 0.5) is 0 Å². The molecule has 1 rings (SSSR count). The van der Waals surface area contributed by atoms with E-state index in [-0.39, 0.29) is 24.5 Å². The lowest BCUT2D eigenvalue weighted by molar-refractivity contribution is -0.130. The van der Waals surface area contributed by atoms with Crippen LogP contribution >= 0.6 is 0 Å². The fourth-order valence-corrected chi connectivity index (χ4v) is 4.64. The molecular weight excluding hydrogens is 528 g/mol. The molecule has 3 amide bonds. The molecule has 0 saturated heterocycles. The second-order valence-electron chi connectivity index (χ2n) is 8.92. The lowest BCUT2D eigenvalue weighted by atomic mass is 10.0. The van der Waals surface area contributed by atoms with Crippen LogP contribution in [-0.2, 0) is 40.9 Å². The highest BCUT2D eigenvalue weighted by Crippen LogP contribution is 2.12. The minimum absolute atomic E-state index is 0.0277. The van der Waals surface area contributed by atoms with Crippen molar-refractivity contribution in [3.63, 3.8) is 0 Å². The van der Waals surface area contributed by atoms with Crippen molar-refractivity contribution in [2.45, 2.75) is 64.1 Å². The largest absolute Gasteiger partial charge is 0.374 e. The highest BCUT2D eigenvalue weighted by molar-refractivity contribution is 7.89. The van der Waals surface area contributed by atoms with Gasteiger partial charge in [0.2, 0.25) is 33.2 Å². The Morgan fingerprint density at radius 1 is 0.946 bits per heavy atom. The minimum atomic E-state index is -4.85. The molecule has 37 heavy (non-hydrogen) atoms. The van der Waals surface area contributed by atoms with Gasteiger partial charge in [0.05, 0.1) is 18.3 Å². The second-order valence-corrected chi connectivity index (χ2v) is 12.5. The van der Waals surface area contributed by atoms with Crippen LogP contribution in [0.2, 0.25) is 0 Å². The SMILES string of the molecule is CCS(=O)(=O)N[C@@H](Cc1ccccc1)C(=O)NCC(=O)N[C@@H](C)C(=O)NC(CC(C)C)C(O)S(=O)(=O)O. The van der Waals surface area contributed by atoms with Crippen LogP contribution in [0.25, 0.3) is 0 Å². The molecule has 0 radical (unpaired) electrons. The van der Waals surface area contributed by atoms with E-state index in [9.17, 15) is 36.3 Å². The third-order valence-corrected chi connectivity index (χ3v) is 7.54. The van der Waals surface area contributed by atoms with Gasteiger partial charge in [-0.05, 0) is 38.2 Å². The van der Waals surface area contributed by atoms with E-state index in [1.54, 1.807) is 44.2 Å². The van der Waals surface area contributed by atoms with Gasteiger partial charge in [-0.1, -0.05) is 44.2 Å². The van der Waals surface area contributed by atoms with Crippen molar-refractivity contribution in [2.75, 3.05) is 12.3 Å². The first-order valence-corrected chi connectivity index (χ1v) is 14.8. The maximum atomic E-state index is 12.7. The van der Waals surface area contributed by atoms with Crippen LogP contribution < -0.4 is 20.7 Å². The van der Waals surface area contributed by atoms with Crippen molar-refractivity contribution in [3.05, 3.63) is 35.9 Å². The molecule has 1 aromatic rings. The zero-order chi connectivity index (χ0) is 28.4. The van der Waals surface area contributed by atoms with Gasteiger partial charge in [0.25, 0.3) is 10.1 Å². The smallest absolute Gasteiger partial charge is 0.294 e. The average molecular weight is 565 g/mol. The Bertz CT molecular complexity index is 1130. The molecule has 2 unspecified atom stereocenters. The normalized spacial score (nSPS) is 15.3. The van der Waals surface area contributed by atoms with Crippen LogP contribution in [0.15, 0.2) is 30.3 Å². The molecule has 4 atom stereocenters. The van der Waals surface area contributed by atoms with Gasteiger partial charge in [-0.3, -0.25) is 18.9 Å². The number of hydrogen-bond donors (Lipinski definition) is 6. The summed E-state index contributed by atoms with van der Waals surface area (Å²) in [7, 11) is -8.58. The number of benzene rings is 1. The van der Waals surface area contributed by atoms with Crippen molar-refractivity contribution in [2.24, 2.45) is 5.92 Å². The van der Waals surface area contributed by atoms with Gasteiger partial charge in [-0.15, -0.1) is 0 Å². The van der Waals surface area contributed by atoms with E-state index in [0.29, 0.717) is 5.56 Å². The van der Waals surface area contributed by atoms with Crippen LogP contribution in [-0.4, -0.2) is 80.1 Å². The van der Waals surface area contributed by atoms with Gasteiger partial charge in [-0.2, -0.15) is 8.42 Å². The molecule has 0 aliphatic rings. The number of rotatable bonds is 15. The Morgan fingerprint density at radius 2 is 1.54 bits per heavy atom. The van der Waals surface area contributed by atoms with E-state index in [4.69, 9.17) is 4.55 Å². The minimum Gasteiger partial charge on any atom is -0.374 e. The first-order chi connectivity index (χ1) is 17.1. The summed E-state index contributed by atoms with van der Waals surface area (Å²) in [6.07, 6.45) is 0.0690. The summed E-state index contributed by atoms with van der Waals surface area (Å²) in [5.74, 6) is -2.74. The zero-order valence-electron chi connectivity index (χ0n) is 21.2. The summed E-state index contributed by atoms with van der Waals surface area (Å²) in [5, 5.41) is 16.8. The Hall–Kier alpha value is -2.59. The maximum absolute atomic E-state index is 12.7. The van der Waals surface area contributed by atoms with Crippen molar-refractivity contribution in [1.29, 1.82) is 0 Å². The summed E-state index contributed by atoms with van der Waals surface area (Å²) in [5.41, 5.74) is -1.56. The van der Waals surface area contributed by atoms with E-state index >= 15 is 0 Å². The predicted molar refractivity (Wildman–Crippen MR) is 136 cm³/mol. The summed E-state index contributed by atoms with van der Waals surface area (Å²) in [4.78, 5) is 37.5. The lowest BCUT2D eigenvalue weighted by Crippen LogP contribution is -2.55. The third-order valence-electron chi connectivity index (χ3n) is 5.20. The number of aliphatic hydroxyl groups is 1. The van der Waals surface area contributed by atoms with Crippen molar-refractivity contribution in [1.82, 2.24) is 20.7 Å². The topological polar surface area (TPSA) is 208 Å². The Morgan fingerprint density at radius 3 is 2.05 bits per heavy atom. The van der Waals surface area contributed by atoms with Crippen molar-refractivity contribution in [3.8, 4) is 0 Å². The molecule has 15 heteroatoms. The van der Waals surface area contributed by atoms with Gasteiger partial charge >= 0.3 is 0 Å². The molecule has 13 nitrogen and oxygen atoms in total. The molecule has 0 aromatic heterocycles. The average Bonchev–Trinajstić information content (AvgIpc) is 2.80. The number of nitrogens with one attached hydrogen (secondary N) is 4. The number of carbonyl (C=O) groups excluding carboxylic acids is 3. The molecular formula is C22H36N4O9S2. The monoisotopic (exact) mass is 564 g/mol. The first kappa shape index (κ1) is 32.4. The fourth-order valence-electron chi connectivity index (χ4n) is 3.26. The lowest BCUT2D eigenvalue weighted by Gasteiger charge is -2.25. The molecule has 0 bridgehead atoms. The third kappa shape index (κ3) is 12.0.